The molecule has 5 nitrogen and oxygen atoms in total. The van der Waals surface area contributed by atoms with Crippen LogP contribution in [0.1, 0.15) is 31.7 Å². The highest BCUT2D eigenvalue weighted by Gasteiger charge is 2.06. The normalized spacial score (nSPS) is 12.3. The number of hydrogen-bond donors (Lipinski definition) is 0. The molecule has 118 valence electrons. The average Bonchev–Trinajstić information content (AvgIpc) is 2.47. The summed E-state index contributed by atoms with van der Waals surface area (Å²) in [4.78, 5) is 10.3. The van der Waals surface area contributed by atoms with E-state index in [9.17, 15) is 10.1 Å². The van der Waals surface area contributed by atoms with Gasteiger partial charge in [0, 0.05) is 17.5 Å². The fourth-order valence-electron chi connectivity index (χ4n) is 1.87. The van der Waals surface area contributed by atoms with Gasteiger partial charge in [0.1, 0.15) is 0 Å². The van der Waals surface area contributed by atoms with Crippen LogP contribution in [0.5, 0.6) is 0 Å². The van der Waals surface area contributed by atoms with Gasteiger partial charge >= 0.3 is 0 Å². The lowest BCUT2D eigenvalue weighted by molar-refractivity contribution is -0.384. The zero-order valence-electron chi connectivity index (χ0n) is 12.3. The molecule has 1 aromatic rings. The summed E-state index contributed by atoms with van der Waals surface area (Å²) in [6.07, 6.45) is 3.61. The number of unbranched alkanes of at least 4 members (excludes halogenated alkanes) is 1. The van der Waals surface area contributed by atoms with Gasteiger partial charge in [-0.15, -0.1) is 0 Å². The number of alkyl halides is 1. The highest BCUT2D eigenvalue weighted by molar-refractivity contribution is 9.09. The Morgan fingerprint density at radius 1 is 1.33 bits per heavy atom. The maximum atomic E-state index is 10.7. The topological polar surface area (TPSA) is 61.6 Å². The second-order valence-electron chi connectivity index (χ2n) is 4.85. The van der Waals surface area contributed by atoms with Gasteiger partial charge in [0.05, 0.1) is 30.8 Å². The molecule has 0 N–H and O–H groups in total. The van der Waals surface area contributed by atoms with Crippen LogP contribution in [0.2, 0.25) is 0 Å². The first-order valence-electron chi connectivity index (χ1n) is 7.12. The minimum Gasteiger partial charge on any atom is -0.376 e. The van der Waals surface area contributed by atoms with E-state index in [-0.39, 0.29) is 11.8 Å². The number of ether oxygens (including phenoxy) is 2. The Balaban J connectivity index is 2.14. The van der Waals surface area contributed by atoms with Crippen LogP contribution >= 0.6 is 15.9 Å². The van der Waals surface area contributed by atoms with Crippen molar-refractivity contribution in [3.05, 3.63) is 39.9 Å². The number of hydrogen-bond acceptors (Lipinski definition) is 4. The van der Waals surface area contributed by atoms with Crippen LogP contribution in [0, 0.1) is 10.1 Å². The van der Waals surface area contributed by atoms with E-state index < -0.39 is 4.92 Å². The molecule has 0 bridgehead atoms. The van der Waals surface area contributed by atoms with Crippen molar-refractivity contribution in [3.63, 3.8) is 0 Å². The van der Waals surface area contributed by atoms with E-state index in [1.807, 2.05) is 6.07 Å². The van der Waals surface area contributed by atoms with Crippen molar-refractivity contribution in [1.29, 1.82) is 0 Å². The molecule has 0 aliphatic heterocycles. The second kappa shape index (κ2) is 10.7. The Labute approximate surface area is 133 Å². The molecule has 0 saturated heterocycles. The smallest absolute Gasteiger partial charge is 0.269 e. The minimum atomic E-state index is -0.402. The molecule has 0 saturated carbocycles. The third kappa shape index (κ3) is 8.14. The van der Waals surface area contributed by atoms with Crippen LogP contribution in [0.4, 0.5) is 5.69 Å². The highest BCUT2D eigenvalue weighted by atomic mass is 79.9. The van der Waals surface area contributed by atoms with Gasteiger partial charge < -0.3 is 9.47 Å². The molecule has 6 heteroatoms. The summed E-state index contributed by atoms with van der Waals surface area (Å²) in [7, 11) is 0. The maximum absolute atomic E-state index is 10.7. The Kier molecular flexibility index (Phi) is 9.21. The molecule has 1 unspecified atom stereocenters. The van der Waals surface area contributed by atoms with E-state index >= 15 is 0 Å². The molecule has 21 heavy (non-hydrogen) atoms. The Morgan fingerprint density at radius 3 is 2.86 bits per heavy atom. The zero-order chi connectivity index (χ0) is 15.5. The number of nitro benzene ring substituents is 1. The molecule has 0 heterocycles. The van der Waals surface area contributed by atoms with Gasteiger partial charge in [0.2, 0.25) is 0 Å². The SMILES string of the molecule is CC(CCCCBr)OCCOCc1cccc([N+](=O)[O-])c1. The first-order valence-corrected chi connectivity index (χ1v) is 8.24. The van der Waals surface area contributed by atoms with Crippen molar-refractivity contribution in [3.8, 4) is 0 Å². The molecule has 0 aromatic heterocycles. The summed E-state index contributed by atoms with van der Waals surface area (Å²) in [5.41, 5.74) is 0.891. The average molecular weight is 360 g/mol. The van der Waals surface area contributed by atoms with E-state index in [0.717, 1.165) is 30.2 Å². The van der Waals surface area contributed by atoms with Gasteiger partial charge in [-0.1, -0.05) is 34.5 Å². The first-order chi connectivity index (χ1) is 10.1. The number of nitro groups is 1. The van der Waals surface area contributed by atoms with E-state index in [1.54, 1.807) is 6.07 Å². The standard InChI is InChI=1S/C15H22BrNO4/c1-13(5-2-3-8-16)21-10-9-20-12-14-6-4-7-15(11-14)17(18)19/h4,6-7,11,13H,2-3,5,8-10,12H2,1H3. The lowest BCUT2D eigenvalue weighted by atomic mass is 10.2. The molecule has 1 atom stereocenters. The summed E-state index contributed by atoms with van der Waals surface area (Å²) in [5.74, 6) is 0. The number of halogens is 1. The van der Waals surface area contributed by atoms with Crippen molar-refractivity contribution in [2.24, 2.45) is 0 Å². The van der Waals surface area contributed by atoms with Crippen molar-refractivity contribution in [1.82, 2.24) is 0 Å². The number of rotatable bonds is 11. The van der Waals surface area contributed by atoms with Crippen LogP contribution in [-0.4, -0.2) is 29.6 Å². The third-order valence-electron chi connectivity index (χ3n) is 3.01. The van der Waals surface area contributed by atoms with Gasteiger partial charge in [-0.2, -0.15) is 0 Å². The van der Waals surface area contributed by atoms with Gasteiger partial charge in [0.25, 0.3) is 5.69 Å². The predicted octanol–water partition coefficient (Wildman–Crippen LogP) is 4.08. The molecule has 0 fully saturated rings. The third-order valence-corrected chi connectivity index (χ3v) is 3.58. The van der Waals surface area contributed by atoms with Crippen molar-refractivity contribution in [2.75, 3.05) is 18.5 Å². The lowest BCUT2D eigenvalue weighted by Gasteiger charge is -2.12. The Hall–Kier alpha value is -0.980. The summed E-state index contributed by atoms with van der Waals surface area (Å²) < 4.78 is 11.1. The van der Waals surface area contributed by atoms with Gasteiger partial charge in [0.15, 0.2) is 0 Å². The number of benzene rings is 1. The fourth-order valence-corrected chi connectivity index (χ4v) is 2.26. The lowest BCUT2D eigenvalue weighted by Crippen LogP contribution is -2.13. The molecule has 0 radical (unpaired) electrons. The van der Waals surface area contributed by atoms with Gasteiger partial charge in [-0.25, -0.2) is 0 Å². The Morgan fingerprint density at radius 2 is 2.14 bits per heavy atom. The molecular weight excluding hydrogens is 338 g/mol. The maximum Gasteiger partial charge on any atom is 0.269 e. The quantitative estimate of drug-likeness (QED) is 0.258. The van der Waals surface area contributed by atoms with Crippen molar-refractivity contribution < 1.29 is 14.4 Å². The fraction of sp³-hybridized carbons (Fsp3) is 0.600. The molecule has 0 spiro atoms. The van der Waals surface area contributed by atoms with Gasteiger partial charge in [-0.05, 0) is 25.3 Å². The largest absolute Gasteiger partial charge is 0.376 e. The van der Waals surface area contributed by atoms with Crippen LogP contribution < -0.4 is 0 Å². The molecule has 1 aromatic carbocycles. The summed E-state index contributed by atoms with van der Waals surface area (Å²) in [6, 6.07) is 6.49. The van der Waals surface area contributed by atoms with E-state index in [1.165, 1.54) is 12.1 Å². The number of non-ortho nitro benzene ring substituents is 1. The van der Waals surface area contributed by atoms with E-state index in [2.05, 4.69) is 22.9 Å². The molecular formula is C15H22BrNO4. The van der Waals surface area contributed by atoms with Crippen LogP contribution in [-0.2, 0) is 16.1 Å². The summed E-state index contributed by atoms with van der Waals surface area (Å²) in [6.45, 7) is 3.47. The van der Waals surface area contributed by atoms with E-state index in [0.29, 0.717) is 19.8 Å². The zero-order valence-corrected chi connectivity index (χ0v) is 13.9. The highest BCUT2D eigenvalue weighted by Crippen LogP contribution is 2.13. The minimum absolute atomic E-state index is 0.0905. The monoisotopic (exact) mass is 359 g/mol. The van der Waals surface area contributed by atoms with Crippen molar-refractivity contribution >= 4 is 21.6 Å². The van der Waals surface area contributed by atoms with Crippen LogP contribution in [0.15, 0.2) is 24.3 Å². The predicted molar refractivity (Wildman–Crippen MR) is 85.8 cm³/mol. The molecule has 0 aliphatic rings. The molecule has 0 aliphatic carbocycles. The summed E-state index contributed by atoms with van der Waals surface area (Å²) >= 11 is 3.41. The van der Waals surface area contributed by atoms with Crippen LogP contribution in [0.3, 0.4) is 0 Å². The van der Waals surface area contributed by atoms with E-state index in [4.69, 9.17) is 9.47 Å². The molecule has 1 rings (SSSR count). The second-order valence-corrected chi connectivity index (χ2v) is 5.64. The van der Waals surface area contributed by atoms with Gasteiger partial charge in [-0.3, -0.25) is 10.1 Å². The number of nitrogens with zero attached hydrogens (tertiary/aromatic N) is 1. The van der Waals surface area contributed by atoms with Crippen LogP contribution in [0.25, 0.3) is 0 Å². The summed E-state index contributed by atoms with van der Waals surface area (Å²) in [5, 5.41) is 11.7. The first kappa shape index (κ1) is 18.1. The Bertz CT molecular complexity index is 428. The molecule has 0 amide bonds. The van der Waals surface area contributed by atoms with Crippen molar-refractivity contribution in [2.45, 2.75) is 38.9 Å².